The normalized spacial score (nSPS) is 8.36. The van der Waals surface area contributed by atoms with E-state index in [1.54, 1.807) is 6.20 Å². The van der Waals surface area contributed by atoms with E-state index in [2.05, 4.69) is 21.3 Å². The van der Waals surface area contributed by atoms with E-state index in [1.165, 1.54) is 0 Å². The second-order valence-corrected chi connectivity index (χ2v) is 1.72. The number of aromatic nitrogens is 3. The van der Waals surface area contributed by atoms with Crippen molar-refractivity contribution in [1.82, 2.24) is 15.0 Å². The summed E-state index contributed by atoms with van der Waals surface area (Å²) in [6.45, 7) is 0. The average Bonchev–Trinajstić information content (AvgIpc) is 2.33. The molecule has 11 heavy (non-hydrogen) atoms. The number of hydrogen-bond donors (Lipinski definition) is 1. The number of rotatable bonds is 0. The second-order valence-electron chi connectivity index (χ2n) is 1.72. The zero-order valence-electron chi connectivity index (χ0n) is 6.13. The summed E-state index contributed by atoms with van der Waals surface area (Å²) in [6, 6.07) is 3.73. The van der Waals surface area contributed by atoms with Gasteiger partial charge in [-0.15, -0.1) is 0 Å². The molecule has 0 radical (unpaired) electrons. The van der Waals surface area contributed by atoms with Crippen molar-refractivity contribution in [2.45, 2.75) is 0 Å². The number of pyridine rings is 1. The molecule has 0 atom stereocenters. The molecule has 0 unspecified atom stereocenters. The maximum atomic E-state index is 3.99. The molecule has 0 saturated heterocycles. The Kier molecular flexibility index (Phi) is 4.39. The molecule has 1 N–H and O–H groups in total. The third-order valence-electron chi connectivity index (χ3n) is 1.14. The van der Waals surface area contributed by atoms with Gasteiger partial charge in [0.15, 0.2) is 0 Å². The Hall–Kier alpha value is -0.328. The van der Waals surface area contributed by atoms with Gasteiger partial charge in [-0.25, -0.2) is 0 Å². The van der Waals surface area contributed by atoms with Crippen molar-refractivity contribution in [1.29, 1.82) is 0 Å². The fourth-order valence-electron chi connectivity index (χ4n) is 0.724. The van der Waals surface area contributed by atoms with Crippen LogP contribution in [-0.2, 0) is 0 Å². The van der Waals surface area contributed by atoms with Crippen LogP contribution in [0, 0.1) is 44.9 Å². The smallest absolute Gasteiger partial charge is 0.446 e. The molecule has 0 bridgehead atoms. The van der Waals surface area contributed by atoms with Crippen molar-refractivity contribution in [3.05, 3.63) is 32.1 Å². The molecular formula is C7H7N3U. The monoisotopic (exact) mass is 371 g/mol. The van der Waals surface area contributed by atoms with Gasteiger partial charge < -0.3 is 22.4 Å². The van der Waals surface area contributed by atoms with E-state index >= 15 is 0 Å². The van der Waals surface area contributed by atoms with Crippen LogP contribution in [0.1, 0.15) is 0 Å². The van der Waals surface area contributed by atoms with Crippen LogP contribution in [0.25, 0.3) is 11.2 Å². The number of H-pyrrole nitrogens is 1. The zero-order chi connectivity index (χ0) is 6.10. The summed E-state index contributed by atoms with van der Waals surface area (Å²) in [5.41, 5.74) is 1.65. The molecule has 0 amide bonds. The second kappa shape index (κ2) is 4.53. The summed E-state index contributed by atoms with van der Waals surface area (Å²) in [6.07, 6.45) is 4.32. The molecular weight excluding hydrogens is 364 g/mol. The van der Waals surface area contributed by atoms with Crippen LogP contribution >= 0.6 is 0 Å². The zero-order valence-corrected chi connectivity index (χ0v) is 10.3. The number of imidazole rings is 1. The van der Waals surface area contributed by atoms with E-state index in [9.17, 15) is 0 Å². The summed E-state index contributed by atoms with van der Waals surface area (Å²) in [5, 5.41) is 0. The fraction of sp³-hybridized carbons (Fsp3) is 0. The van der Waals surface area contributed by atoms with Gasteiger partial charge >= 0.3 is 31.1 Å². The van der Waals surface area contributed by atoms with Crippen LogP contribution in [0.2, 0.25) is 0 Å². The van der Waals surface area contributed by atoms with E-state index in [4.69, 9.17) is 0 Å². The van der Waals surface area contributed by atoms with Gasteiger partial charge in [0.2, 0.25) is 0 Å². The van der Waals surface area contributed by atoms with Crippen molar-refractivity contribution in [3.8, 4) is 0 Å². The predicted molar refractivity (Wildman–Crippen MR) is 39.1 cm³/mol. The molecule has 4 heteroatoms. The number of nitrogens with one attached hydrogen (secondary N) is 1. The molecule has 0 saturated carbocycles. The molecule has 0 aromatic carbocycles. The van der Waals surface area contributed by atoms with Crippen LogP contribution in [0.3, 0.4) is 0 Å². The van der Waals surface area contributed by atoms with Crippen molar-refractivity contribution in [2.24, 2.45) is 0 Å². The first-order valence-electron chi connectivity index (χ1n) is 2.63. The third kappa shape index (κ3) is 2.05. The Morgan fingerprint density at radius 3 is 3.00 bits per heavy atom. The summed E-state index contributed by atoms with van der Waals surface area (Å²) in [7, 11) is 0. The number of hydrogen-bond acceptors (Lipinski definition) is 2. The quantitative estimate of drug-likeness (QED) is 0.708. The molecule has 2 aromatic heterocycles. The largest absolute Gasteiger partial charge is 2.00 e. The molecule has 3 nitrogen and oxygen atoms in total. The van der Waals surface area contributed by atoms with Gasteiger partial charge in [0, 0.05) is 11.8 Å². The summed E-state index contributed by atoms with van der Waals surface area (Å²) < 4.78 is 0. The molecule has 2 rings (SSSR count). The first-order chi connectivity index (χ1) is 4.47. The van der Waals surface area contributed by atoms with Crippen LogP contribution in [0.5, 0.6) is 0 Å². The van der Waals surface area contributed by atoms with Gasteiger partial charge in [-0.3, -0.25) is 0 Å². The van der Waals surface area contributed by atoms with E-state index in [-0.39, 0.29) is 38.5 Å². The van der Waals surface area contributed by atoms with E-state index < -0.39 is 0 Å². The van der Waals surface area contributed by atoms with Crippen molar-refractivity contribution in [3.63, 3.8) is 0 Å². The predicted octanol–water partition coefficient (Wildman–Crippen LogP) is 1.21. The minimum absolute atomic E-state index is 0. The molecule has 0 aliphatic heterocycles. The fourth-order valence-corrected chi connectivity index (χ4v) is 0.724. The maximum absolute atomic E-state index is 3.99. The number of aromatic amines is 1. The van der Waals surface area contributed by atoms with Crippen molar-refractivity contribution in [2.75, 3.05) is 0 Å². The molecule has 0 fully saturated rings. The molecule has 0 spiro atoms. The van der Waals surface area contributed by atoms with Crippen molar-refractivity contribution < 1.29 is 31.1 Å². The van der Waals surface area contributed by atoms with Crippen molar-refractivity contribution >= 4 is 11.2 Å². The summed E-state index contributed by atoms with van der Waals surface area (Å²) in [5.74, 6) is 0. The Morgan fingerprint density at radius 1 is 1.45 bits per heavy atom. The average molecular weight is 371 g/mol. The minimum Gasteiger partial charge on any atom is -0.446 e. The molecule has 0 aliphatic carbocycles. The molecule has 54 valence electrons. The Balaban J connectivity index is 0.000000500. The van der Waals surface area contributed by atoms with E-state index in [0.29, 0.717) is 0 Å². The Bertz CT molecular complexity index is 288. The topological polar surface area (TPSA) is 41.6 Å². The van der Waals surface area contributed by atoms with E-state index in [0.717, 1.165) is 11.2 Å². The number of nitrogens with zero attached hydrogens (tertiary/aromatic N) is 2. The molecule has 2 aromatic rings. The summed E-state index contributed by atoms with van der Waals surface area (Å²) in [4.78, 5) is 10.6. The van der Waals surface area contributed by atoms with Gasteiger partial charge in [-0.1, -0.05) is 17.6 Å². The standard InChI is InChI=1S/C6H4N3.CH3.U/c1-2-5-6(7-3-1)9-4-8-5;;/h1-3H,(H,7,8,9);1H3;/q2*-1;+2. The van der Waals surface area contributed by atoms with Gasteiger partial charge in [0.1, 0.15) is 0 Å². The molecule has 0 aliphatic rings. The first kappa shape index (κ1) is 10.7. The van der Waals surface area contributed by atoms with Gasteiger partial charge in [0.05, 0.1) is 0 Å². The number of fused-ring (bicyclic) bond motifs is 1. The summed E-state index contributed by atoms with van der Waals surface area (Å²) >= 11 is 0. The van der Waals surface area contributed by atoms with Gasteiger partial charge in [0.25, 0.3) is 0 Å². The van der Waals surface area contributed by atoms with Gasteiger partial charge in [-0.05, 0) is 6.33 Å². The Labute approximate surface area is 89.0 Å². The van der Waals surface area contributed by atoms with Crippen LogP contribution in [0.15, 0.2) is 18.3 Å². The van der Waals surface area contributed by atoms with Gasteiger partial charge in [-0.2, -0.15) is 0 Å². The first-order valence-corrected chi connectivity index (χ1v) is 2.63. The Morgan fingerprint density at radius 2 is 2.27 bits per heavy atom. The molecule has 2 heterocycles. The SMILES string of the molecule is [CH3-].[U+2].[c-]1nc2cccnc2[nH]1. The van der Waals surface area contributed by atoms with Crippen LogP contribution in [-0.4, -0.2) is 15.0 Å². The van der Waals surface area contributed by atoms with E-state index in [1.807, 2.05) is 12.1 Å². The van der Waals surface area contributed by atoms with Crippen LogP contribution < -0.4 is 0 Å². The van der Waals surface area contributed by atoms with Crippen LogP contribution in [0.4, 0.5) is 0 Å². The minimum atomic E-state index is 0. The maximum Gasteiger partial charge on any atom is 2.00 e. The third-order valence-corrected chi connectivity index (χ3v) is 1.14.